The standard InChI is InChI=1S/C13H16N2O3/c1-2-18-13(17)11-5-7-15(9-12(11)16)10-4-3-6-14-8-10/h3-4,6,8,11H,2,5,7,9H2,1H3. The summed E-state index contributed by atoms with van der Waals surface area (Å²) in [6, 6.07) is 3.74. The van der Waals surface area contributed by atoms with Crippen LogP contribution in [-0.2, 0) is 14.3 Å². The number of ketones is 1. The third-order valence-electron chi connectivity index (χ3n) is 3.01. The van der Waals surface area contributed by atoms with Gasteiger partial charge in [0, 0.05) is 12.7 Å². The Morgan fingerprint density at radius 1 is 1.61 bits per heavy atom. The molecule has 2 rings (SSSR count). The quantitative estimate of drug-likeness (QED) is 0.591. The molecular formula is C13H16N2O3. The van der Waals surface area contributed by atoms with E-state index in [1.165, 1.54) is 0 Å². The molecule has 0 bridgehead atoms. The summed E-state index contributed by atoms with van der Waals surface area (Å²) < 4.78 is 4.90. The van der Waals surface area contributed by atoms with Gasteiger partial charge in [0.25, 0.3) is 0 Å². The van der Waals surface area contributed by atoms with Gasteiger partial charge in [-0.1, -0.05) is 0 Å². The second-order valence-corrected chi connectivity index (χ2v) is 4.19. The average molecular weight is 248 g/mol. The summed E-state index contributed by atoms with van der Waals surface area (Å²) in [5.74, 6) is -1.07. The summed E-state index contributed by atoms with van der Waals surface area (Å²) >= 11 is 0. The predicted molar refractivity (Wildman–Crippen MR) is 66.2 cm³/mol. The van der Waals surface area contributed by atoms with Crippen molar-refractivity contribution >= 4 is 17.4 Å². The van der Waals surface area contributed by atoms with Crippen molar-refractivity contribution in [2.75, 3.05) is 24.6 Å². The van der Waals surface area contributed by atoms with Crippen molar-refractivity contribution in [1.82, 2.24) is 4.98 Å². The van der Waals surface area contributed by atoms with Crippen LogP contribution in [0.2, 0.25) is 0 Å². The molecule has 2 heterocycles. The SMILES string of the molecule is CCOC(=O)C1CCN(c2cccnc2)CC1=O. The van der Waals surface area contributed by atoms with Gasteiger partial charge in [0.15, 0.2) is 5.78 Å². The van der Waals surface area contributed by atoms with Crippen LogP contribution in [0.3, 0.4) is 0 Å². The molecule has 1 aromatic heterocycles. The Morgan fingerprint density at radius 2 is 2.44 bits per heavy atom. The lowest BCUT2D eigenvalue weighted by atomic mass is 9.95. The number of carbonyl (C=O) groups is 2. The van der Waals surface area contributed by atoms with Gasteiger partial charge < -0.3 is 9.64 Å². The minimum atomic E-state index is -0.599. The van der Waals surface area contributed by atoms with Crippen molar-refractivity contribution in [3.8, 4) is 0 Å². The van der Waals surface area contributed by atoms with Gasteiger partial charge in [-0.3, -0.25) is 14.6 Å². The molecule has 1 unspecified atom stereocenters. The molecule has 1 aliphatic heterocycles. The van der Waals surface area contributed by atoms with E-state index in [-0.39, 0.29) is 12.3 Å². The predicted octanol–water partition coefficient (Wildman–Crippen LogP) is 1.04. The number of rotatable bonds is 3. The Kier molecular flexibility index (Phi) is 3.92. The molecule has 1 fully saturated rings. The molecule has 0 aromatic carbocycles. The van der Waals surface area contributed by atoms with Crippen LogP contribution in [0, 0.1) is 5.92 Å². The van der Waals surface area contributed by atoms with Gasteiger partial charge in [-0.05, 0) is 25.5 Å². The van der Waals surface area contributed by atoms with Gasteiger partial charge in [0.05, 0.1) is 25.0 Å². The summed E-state index contributed by atoms with van der Waals surface area (Å²) in [6.45, 7) is 2.97. The Bertz CT molecular complexity index is 433. The summed E-state index contributed by atoms with van der Waals surface area (Å²) in [6.07, 6.45) is 3.92. The lowest BCUT2D eigenvalue weighted by Crippen LogP contribution is -2.44. The van der Waals surface area contributed by atoms with Crippen molar-refractivity contribution in [1.29, 1.82) is 0 Å². The monoisotopic (exact) mass is 248 g/mol. The maximum absolute atomic E-state index is 11.9. The molecule has 5 nitrogen and oxygen atoms in total. The smallest absolute Gasteiger partial charge is 0.316 e. The molecule has 0 radical (unpaired) electrons. The van der Waals surface area contributed by atoms with Gasteiger partial charge >= 0.3 is 5.97 Å². The van der Waals surface area contributed by atoms with Crippen LogP contribution in [0.1, 0.15) is 13.3 Å². The van der Waals surface area contributed by atoms with E-state index in [4.69, 9.17) is 4.74 Å². The molecule has 1 aliphatic rings. The van der Waals surface area contributed by atoms with E-state index in [1.807, 2.05) is 17.0 Å². The molecule has 1 atom stereocenters. The molecule has 0 saturated carbocycles. The van der Waals surface area contributed by atoms with Gasteiger partial charge in [0.2, 0.25) is 0 Å². The van der Waals surface area contributed by atoms with Crippen molar-refractivity contribution < 1.29 is 14.3 Å². The topological polar surface area (TPSA) is 59.5 Å². The van der Waals surface area contributed by atoms with E-state index < -0.39 is 11.9 Å². The van der Waals surface area contributed by atoms with Crippen LogP contribution in [0.5, 0.6) is 0 Å². The van der Waals surface area contributed by atoms with E-state index in [9.17, 15) is 9.59 Å². The first-order chi connectivity index (χ1) is 8.72. The number of carbonyl (C=O) groups excluding carboxylic acids is 2. The highest BCUT2D eigenvalue weighted by molar-refractivity contribution is 6.01. The van der Waals surface area contributed by atoms with Crippen LogP contribution in [-0.4, -0.2) is 36.4 Å². The normalized spacial score (nSPS) is 19.7. The second-order valence-electron chi connectivity index (χ2n) is 4.19. The Labute approximate surface area is 106 Å². The first kappa shape index (κ1) is 12.5. The Morgan fingerprint density at radius 3 is 3.06 bits per heavy atom. The largest absolute Gasteiger partial charge is 0.465 e. The maximum Gasteiger partial charge on any atom is 0.316 e. The van der Waals surface area contributed by atoms with Gasteiger partial charge in [-0.15, -0.1) is 0 Å². The highest BCUT2D eigenvalue weighted by Gasteiger charge is 2.33. The first-order valence-electron chi connectivity index (χ1n) is 6.06. The van der Waals surface area contributed by atoms with Crippen LogP contribution >= 0.6 is 0 Å². The van der Waals surface area contributed by atoms with E-state index in [1.54, 1.807) is 19.3 Å². The Balaban J connectivity index is 2.00. The van der Waals surface area contributed by atoms with Crippen LogP contribution in [0.25, 0.3) is 0 Å². The Hall–Kier alpha value is -1.91. The van der Waals surface area contributed by atoms with Gasteiger partial charge in [0.1, 0.15) is 5.92 Å². The number of hydrogen-bond acceptors (Lipinski definition) is 5. The highest BCUT2D eigenvalue weighted by atomic mass is 16.5. The number of piperidine rings is 1. The second kappa shape index (κ2) is 5.62. The van der Waals surface area contributed by atoms with Gasteiger partial charge in [-0.2, -0.15) is 0 Å². The summed E-state index contributed by atoms with van der Waals surface area (Å²) in [5.41, 5.74) is 0.910. The molecule has 5 heteroatoms. The number of nitrogens with zero attached hydrogens (tertiary/aromatic N) is 2. The number of hydrogen-bond donors (Lipinski definition) is 0. The number of aromatic nitrogens is 1. The number of ether oxygens (including phenoxy) is 1. The van der Waals surface area contributed by atoms with Crippen LogP contribution in [0.15, 0.2) is 24.5 Å². The summed E-state index contributed by atoms with van der Waals surface area (Å²) in [4.78, 5) is 29.5. The van der Waals surface area contributed by atoms with Crippen molar-refractivity contribution in [3.05, 3.63) is 24.5 Å². The maximum atomic E-state index is 11.9. The minimum Gasteiger partial charge on any atom is -0.465 e. The molecular weight excluding hydrogens is 232 g/mol. The van der Waals surface area contributed by atoms with Crippen molar-refractivity contribution in [2.45, 2.75) is 13.3 Å². The molecule has 0 N–H and O–H groups in total. The molecule has 96 valence electrons. The fraction of sp³-hybridized carbons (Fsp3) is 0.462. The van der Waals surface area contributed by atoms with Crippen LogP contribution in [0.4, 0.5) is 5.69 Å². The van der Waals surface area contributed by atoms with E-state index in [0.717, 1.165) is 5.69 Å². The van der Waals surface area contributed by atoms with E-state index in [0.29, 0.717) is 19.6 Å². The number of pyridine rings is 1. The molecule has 1 aromatic rings. The fourth-order valence-electron chi connectivity index (χ4n) is 2.08. The molecule has 18 heavy (non-hydrogen) atoms. The molecule has 1 saturated heterocycles. The lowest BCUT2D eigenvalue weighted by Gasteiger charge is -2.31. The third-order valence-corrected chi connectivity index (χ3v) is 3.01. The molecule has 0 spiro atoms. The third kappa shape index (κ3) is 2.67. The van der Waals surface area contributed by atoms with Crippen LogP contribution < -0.4 is 4.90 Å². The minimum absolute atomic E-state index is 0.0800. The molecule has 0 amide bonds. The summed E-state index contributed by atoms with van der Waals surface area (Å²) in [5, 5.41) is 0. The first-order valence-corrected chi connectivity index (χ1v) is 6.06. The van der Waals surface area contributed by atoms with E-state index in [2.05, 4.69) is 4.98 Å². The highest BCUT2D eigenvalue weighted by Crippen LogP contribution is 2.21. The van der Waals surface area contributed by atoms with E-state index >= 15 is 0 Å². The average Bonchev–Trinajstić information content (AvgIpc) is 2.40. The van der Waals surface area contributed by atoms with Crippen molar-refractivity contribution in [3.63, 3.8) is 0 Å². The number of Topliss-reactive ketones (excluding diaryl/α,β-unsaturated/α-hetero) is 1. The zero-order valence-electron chi connectivity index (χ0n) is 10.3. The zero-order chi connectivity index (χ0) is 13.0. The van der Waals surface area contributed by atoms with Gasteiger partial charge in [-0.25, -0.2) is 0 Å². The van der Waals surface area contributed by atoms with Crippen molar-refractivity contribution in [2.24, 2.45) is 5.92 Å². The lowest BCUT2D eigenvalue weighted by molar-refractivity contribution is -0.152. The number of esters is 1. The number of anilines is 1. The fourth-order valence-corrected chi connectivity index (χ4v) is 2.08. The zero-order valence-corrected chi connectivity index (χ0v) is 10.3. The molecule has 0 aliphatic carbocycles. The summed E-state index contributed by atoms with van der Waals surface area (Å²) in [7, 11) is 0.